The number of rotatable bonds is 6. The van der Waals surface area contributed by atoms with Crippen LogP contribution in [-0.4, -0.2) is 51.8 Å². The van der Waals surface area contributed by atoms with E-state index in [-0.39, 0.29) is 0 Å². The summed E-state index contributed by atoms with van der Waals surface area (Å²) in [7, 11) is 3.34. The molecule has 2 aromatic carbocycles. The lowest BCUT2D eigenvalue weighted by molar-refractivity contribution is 0.261. The third kappa shape index (κ3) is 4.59. The molecule has 4 nitrogen and oxygen atoms in total. The molecule has 3 rings (SSSR count). The van der Waals surface area contributed by atoms with Gasteiger partial charge in [0.1, 0.15) is 0 Å². The number of benzene rings is 2. The number of nitrogens with zero attached hydrogens (tertiary/aromatic N) is 2. The molecular weight excluding hydrogens is 336 g/mol. The molecule has 0 aromatic heterocycles. The van der Waals surface area contributed by atoms with Crippen LogP contribution in [0.5, 0.6) is 11.5 Å². The summed E-state index contributed by atoms with van der Waals surface area (Å²) < 4.78 is 10.7. The van der Waals surface area contributed by atoms with Crippen LogP contribution >= 0.6 is 11.6 Å². The first-order valence-electron chi connectivity index (χ1n) is 8.63. The predicted molar refractivity (Wildman–Crippen MR) is 103 cm³/mol. The molecule has 1 aliphatic heterocycles. The number of hydrogen-bond donors (Lipinski definition) is 0. The van der Waals surface area contributed by atoms with Gasteiger partial charge >= 0.3 is 0 Å². The first-order valence-corrected chi connectivity index (χ1v) is 9.01. The van der Waals surface area contributed by atoms with E-state index in [1.165, 1.54) is 11.3 Å². The maximum Gasteiger partial charge on any atom is 0.160 e. The van der Waals surface area contributed by atoms with Gasteiger partial charge in [0.25, 0.3) is 0 Å². The number of ether oxygens (including phenoxy) is 2. The molecule has 0 saturated carbocycles. The van der Waals surface area contributed by atoms with Gasteiger partial charge in [0, 0.05) is 43.4 Å². The van der Waals surface area contributed by atoms with Gasteiger partial charge in [0.2, 0.25) is 0 Å². The second-order valence-corrected chi connectivity index (χ2v) is 6.68. The van der Waals surface area contributed by atoms with Gasteiger partial charge in [-0.2, -0.15) is 0 Å². The minimum absolute atomic E-state index is 0.780. The lowest BCUT2D eigenvalue weighted by atomic mass is 10.1. The second-order valence-electron chi connectivity index (χ2n) is 6.24. The van der Waals surface area contributed by atoms with Crippen LogP contribution in [0.4, 0.5) is 5.69 Å². The van der Waals surface area contributed by atoms with Crippen molar-refractivity contribution in [3.05, 3.63) is 53.1 Å². The Morgan fingerprint density at radius 3 is 2.20 bits per heavy atom. The highest BCUT2D eigenvalue weighted by molar-refractivity contribution is 6.30. The Balaban J connectivity index is 1.50. The maximum absolute atomic E-state index is 5.97. The zero-order valence-electron chi connectivity index (χ0n) is 14.9. The van der Waals surface area contributed by atoms with E-state index in [0.29, 0.717) is 0 Å². The zero-order chi connectivity index (χ0) is 17.6. The lowest BCUT2D eigenvalue weighted by Gasteiger charge is -2.36. The van der Waals surface area contributed by atoms with Gasteiger partial charge in [-0.15, -0.1) is 0 Å². The summed E-state index contributed by atoms with van der Waals surface area (Å²) in [6.07, 6.45) is 1.02. The van der Waals surface area contributed by atoms with E-state index in [1.54, 1.807) is 14.2 Å². The summed E-state index contributed by atoms with van der Waals surface area (Å²) in [6.45, 7) is 5.32. The van der Waals surface area contributed by atoms with Gasteiger partial charge in [-0.25, -0.2) is 0 Å². The molecule has 1 aliphatic rings. The number of hydrogen-bond acceptors (Lipinski definition) is 4. The van der Waals surface area contributed by atoms with Gasteiger partial charge in [0.15, 0.2) is 11.5 Å². The smallest absolute Gasteiger partial charge is 0.160 e. The minimum Gasteiger partial charge on any atom is -0.493 e. The third-order valence-electron chi connectivity index (χ3n) is 4.73. The van der Waals surface area contributed by atoms with Crippen molar-refractivity contribution in [1.82, 2.24) is 4.90 Å². The van der Waals surface area contributed by atoms with E-state index in [1.807, 2.05) is 18.2 Å². The van der Waals surface area contributed by atoms with Crippen molar-refractivity contribution in [3.8, 4) is 11.5 Å². The topological polar surface area (TPSA) is 24.9 Å². The third-order valence-corrected chi connectivity index (χ3v) is 4.98. The molecule has 0 amide bonds. The highest BCUT2D eigenvalue weighted by Crippen LogP contribution is 2.28. The Hall–Kier alpha value is -1.91. The van der Waals surface area contributed by atoms with Crippen molar-refractivity contribution in [2.75, 3.05) is 51.8 Å². The Bertz CT molecular complexity index is 683. The number of piperazine rings is 1. The maximum atomic E-state index is 5.97. The van der Waals surface area contributed by atoms with E-state index in [9.17, 15) is 0 Å². The van der Waals surface area contributed by atoms with Crippen LogP contribution in [0.15, 0.2) is 42.5 Å². The number of anilines is 1. The molecule has 134 valence electrons. The standard InChI is InChI=1S/C20H25ClN2O2/c1-24-19-8-3-16(15-20(19)25-2)9-10-22-11-13-23(14-12-22)18-6-4-17(21)5-7-18/h3-8,15H,9-14H2,1-2H3. The van der Waals surface area contributed by atoms with Crippen LogP contribution in [0.1, 0.15) is 5.56 Å². The van der Waals surface area contributed by atoms with Crippen LogP contribution < -0.4 is 14.4 Å². The van der Waals surface area contributed by atoms with E-state index >= 15 is 0 Å². The van der Waals surface area contributed by atoms with Crippen molar-refractivity contribution < 1.29 is 9.47 Å². The fourth-order valence-electron chi connectivity index (χ4n) is 3.20. The monoisotopic (exact) mass is 360 g/mol. The van der Waals surface area contributed by atoms with Gasteiger partial charge in [-0.05, 0) is 48.4 Å². The molecule has 0 N–H and O–H groups in total. The van der Waals surface area contributed by atoms with Gasteiger partial charge in [-0.1, -0.05) is 17.7 Å². The van der Waals surface area contributed by atoms with Crippen LogP contribution in [0.25, 0.3) is 0 Å². The van der Waals surface area contributed by atoms with Crippen molar-refractivity contribution in [2.24, 2.45) is 0 Å². The minimum atomic E-state index is 0.780. The molecule has 0 bridgehead atoms. The first-order chi connectivity index (χ1) is 12.2. The average Bonchev–Trinajstić information content (AvgIpc) is 2.67. The molecule has 0 radical (unpaired) electrons. The molecule has 0 atom stereocenters. The Morgan fingerprint density at radius 1 is 0.880 bits per heavy atom. The summed E-state index contributed by atoms with van der Waals surface area (Å²) in [5.41, 5.74) is 2.53. The quantitative estimate of drug-likeness (QED) is 0.783. The van der Waals surface area contributed by atoms with Gasteiger partial charge in [0.05, 0.1) is 14.2 Å². The van der Waals surface area contributed by atoms with Gasteiger partial charge in [-0.3, -0.25) is 4.90 Å². The highest BCUT2D eigenvalue weighted by atomic mass is 35.5. The summed E-state index contributed by atoms with van der Waals surface area (Å²) in [5, 5.41) is 0.789. The number of methoxy groups -OCH3 is 2. The van der Waals surface area contributed by atoms with E-state index in [4.69, 9.17) is 21.1 Å². The molecule has 1 heterocycles. The Morgan fingerprint density at radius 2 is 1.56 bits per heavy atom. The van der Waals surface area contributed by atoms with Crippen molar-refractivity contribution in [1.29, 1.82) is 0 Å². The molecule has 1 saturated heterocycles. The van der Waals surface area contributed by atoms with Crippen LogP contribution in [-0.2, 0) is 6.42 Å². The van der Waals surface area contributed by atoms with Crippen molar-refractivity contribution in [3.63, 3.8) is 0 Å². The number of halogens is 1. The van der Waals surface area contributed by atoms with Crippen LogP contribution in [0, 0.1) is 0 Å². The molecule has 5 heteroatoms. The average molecular weight is 361 g/mol. The Labute approximate surface area is 154 Å². The van der Waals surface area contributed by atoms with Gasteiger partial charge < -0.3 is 14.4 Å². The van der Waals surface area contributed by atoms with Crippen LogP contribution in [0.2, 0.25) is 5.02 Å². The van der Waals surface area contributed by atoms with Crippen molar-refractivity contribution in [2.45, 2.75) is 6.42 Å². The molecule has 0 unspecified atom stereocenters. The SMILES string of the molecule is COc1ccc(CCN2CCN(c3ccc(Cl)cc3)CC2)cc1OC. The summed E-state index contributed by atoms with van der Waals surface area (Å²) in [4.78, 5) is 4.94. The van der Waals surface area contributed by atoms with E-state index in [2.05, 4.69) is 34.1 Å². The van der Waals surface area contributed by atoms with Crippen molar-refractivity contribution >= 4 is 17.3 Å². The normalized spacial score (nSPS) is 15.2. The molecule has 1 fully saturated rings. The summed E-state index contributed by atoms with van der Waals surface area (Å²) >= 11 is 5.97. The van der Waals surface area contributed by atoms with E-state index in [0.717, 1.165) is 55.7 Å². The van der Waals surface area contributed by atoms with E-state index < -0.39 is 0 Å². The fraction of sp³-hybridized carbons (Fsp3) is 0.400. The zero-order valence-corrected chi connectivity index (χ0v) is 15.6. The molecule has 2 aromatic rings. The second kappa shape index (κ2) is 8.45. The predicted octanol–water partition coefficient (Wildman–Crippen LogP) is 3.72. The van der Waals surface area contributed by atoms with Crippen LogP contribution in [0.3, 0.4) is 0 Å². The molecule has 0 spiro atoms. The Kier molecular flexibility index (Phi) is 6.05. The fourth-order valence-corrected chi connectivity index (χ4v) is 3.33. The summed E-state index contributed by atoms with van der Waals surface area (Å²) in [5.74, 6) is 1.58. The molecular formula is C20H25ClN2O2. The molecule has 0 aliphatic carbocycles. The first kappa shape index (κ1) is 17.9. The molecule has 25 heavy (non-hydrogen) atoms. The highest BCUT2D eigenvalue weighted by Gasteiger charge is 2.17. The largest absolute Gasteiger partial charge is 0.493 e. The lowest BCUT2D eigenvalue weighted by Crippen LogP contribution is -2.46. The summed E-state index contributed by atoms with van der Waals surface area (Å²) in [6, 6.07) is 14.3.